The molecule has 1 aliphatic heterocycles. The quantitative estimate of drug-likeness (QED) is 0.563. The summed E-state index contributed by atoms with van der Waals surface area (Å²) in [5.41, 5.74) is 0. The van der Waals surface area contributed by atoms with Gasteiger partial charge in [-0.1, -0.05) is 0 Å². The SMILES string of the molecule is CNC(=O)C1CCN(I)CC1. The van der Waals surface area contributed by atoms with Crippen molar-refractivity contribution in [2.24, 2.45) is 5.92 Å². The predicted molar refractivity (Wildman–Crippen MR) is 52.4 cm³/mol. The highest BCUT2D eigenvalue weighted by Gasteiger charge is 2.22. The summed E-state index contributed by atoms with van der Waals surface area (Å²) >= 11 is 2.30. The van der Waals surface area contributed by atoms with Gasteiger partial charge in [0.15, 0.2) is 0 Å². The van der Waals surface area contributed by atoms with Crippen molar-refractivity contribution in [1.82, 2.24) is 8.43 Å². The largest absolute Gasteiger partial charge is 0.359 e. The summed E-state index contributed by atoms with van der Waals surface area (Å²) in [6.07, 6.45) is 2.01. The second kappa shape index (κ2) is 4.25. The molecule has 64 valence electrons. The first kappa shape index (κ1) is 9.25. The zero-order valence-electron chi connectivity index (χ0n) is 6.64. The monoisotopic (exact) mass is 268 g/mol. The summed E-state index contributed by atoms with van der Waals surface area (Å²) in [7, 11) is 1.71. The summed E-state index contributed by atoms with van der Waals surface area (Å²) in [5.74, 6) is 0.459. The highest BCUT2D eigenvalue weighted by molar-refractivity contribution is 14.1. The van der Waals surface area contributed by atoms with Gasteiger partial charge in [0, 0.05) is 48.9 Å². The molecule has 1 saturated heterocycles. The van der Waals surface area contributed by atoms with Gasteiger partial charge in [-0.15, -0.1) is 0 Å². The van der Waals surface area contributed by atoms with Gasteiger partial charge in [-0.05, 0) is 12.8 Å². The first-order valence-electron chi connectivity index (χ1n) is 3.86. The van der Waals surface area contributed by atoms with Gasteiger partial charge >= 0.3 is 0 Å². The fourth-order valence-corrected chi connectivity index (χ4v) is 1.87. The molecule has 0 saturated carbocycles. The van der Waals surface area contributed by atoms with Crippen molar-refractivity contribution in [3.8, 4) is 0 Å². The van der Waals surface area contributed by atoms with Crippen LogP contribution in [0.1, 0.15) is 12.8 Å². The lowest BCUT2D eigenvalue weighted by Gasteiger charge is -2.25. The molecule has 4 heteroatoms. The Bertz CT molecular complexity index is 143. The Morgan fingerprint density at radius 1 is 1.55 bits per heavy atom. The van der Waals surface area contributed by atoms with E-state index in [4.69, 9.17) is 0 Å². The first-order valence-corrected chi connectivity index (χ1v) is 4.83. The van der Waals surface area contributed by atoms with E-state index in [-0.39, 0.29) is 11.8 Å². The number of rotatable bonds is 1. The molecule has 0 bridgehead atoms. The van der Waals surface area contributed by atoms with Gasteiger partial charge in [0.1, 0.15) is 0 Å². The average Bonchev–Trinajstić information content (AvgIpc) is 2.05. The van der Waals surface area contributed by atoms with E-state index in [1.54, 1.807) is 7.05 Å². The molecule has 3 nitrogen and oxygen atoms in total. The van der Waals surface area contributed by atoms with Crippen LogP contribution in [0, 0.1) is 5.92 Å². The zero-order chi connectivity index (χ0) is 8.27. The van der Waals surface area contributed by atoms with E-state index in [1.165, 1.54) is 0 Å². The maximum atomic E-state index is 11.1. The number of carbonyl (C=O) groups is 1. The van der Waals surface area contributed by atoms with Crippen LogP contribution in [-0.2, 0) is 4.79 Å². The van der Waals surface area contributed by atoms with Gasteiger partial charge in [-0.3, -0.25) is 4.79 Å². The van der Waals surface area contributed by atoms with Crippen LogP contribution < -0.4 is 5.32 Å². The second-order valence-electron chi connectivity index (χ2n) is 2.80. The van der Waals surface area contributed by atoms with Gasteiger partial charge < -0.3 is 5.32 Å². The molecule has 0 aromatic heterocycles. The summed E-state index contributed by atoms with van der Waals surface area (Å²) in [5, 5.41) is 2.69. The molecule has 0 unspecified atom stereocenters. The zero-order valence-corrected chi connectivity index (χ0v) is 8.80. The van der Waals surface area contributed by atoms with E-state index in [2.05, 4.69) is 31.3 Å². The number of nitrogens with zero attached hydrogens (tertiary/aromatic N) is 1. The maximum Gasteiger partial charge on any atom is 0.222 e. The Morgan fingerprint density at radius 2 is 2.09 bits per heavy atom. The second-order valence-corrected chi connectivity index (χ2v) is 4.16. The van der Waals surface area contributed by atoms with Gasteiger partial charge in [-0.25, -0.2) is 3.11 Å². The van der Waals surface area contributed by atoms with Crippen molar-refractivity contribution in [2.45, 2.75) is 12.8 Å². The van der Waals surface area contributed by atoms with Crippen molar-refractivity contribution in [2.75, 3.05) is 20.1 Å². The minimum absolute atomic E-state index is 0.203. The van der Waals surface area contributed by atoms with E-state index in [0.29, 0.717) is 0 Å². The van der Waals surface area contributed by atoms with E-state index >= 15 is 0 Å². The van der Waals surface area contributed by atoms with Crippen LogP contribution in [-0.4, -0.2) is 29.2 Å². The Morgan fingerprint density at radius 3 is 2.55 bits per heavy atom. The number of hydrogen-bond donors (Lipinski definition) is 1. The maximum absolute atomic E-state index is 11.1. The number of piperidine rings is 1. The van der Waals surface area contributed by atoms with Crippen molar-refractivity contribution in [3.05, 3.63) is 0 Å². The lowest BCUT2D eigenvalue weighted by atomic mass is 9.97. The average molecular weight is 268 g/mol. The molecule has 11 heavy (non-hydrogen) atoms. The summed E-state index contributed by atoms with van der Waals surface area (Å²) < 4.78 is 2.23. The lowest BCUT2D eigenvalue weighted by Crippen LogP contribution is -2.35. The predicted octanol–water partition coefficient (Wildman–Crippen LogP) is 0.794. The van der Waals surface area contributed by atoms with Gasteiger partial charge in [0.05, 0.1) is 0 Å². The van der Waals surface area contributed by atoms with Crippen LogP contribution in [0.2, 0.25) is 0 Å². The number of halogens is 1. The number of amides is 1. The molecule has 0 aromatic carbocycles. The summed E-state index contributed by atoms with van der Waals surface area (Å²) in [6.45, 7) is 2.08. The third-order valence-corrected chi connectivity index (χ3v) is 3.02. The molecule has 1 N–H and O–H groups in total. The molecule has 0 aromatic rings. The number of hydrogen-bond acceptors (Lipinski definition) is 2. The Kier molecular flexibility index (Phi) is 3.58. The first-order chi connectivity index (χ1) is 5.24. The molecule has 0 radical (unpaired) electrons. The highest BCUT2D eigenvalue weighted by Crippen LogP contribution is 2.19. The van der Waals surface area contributed by atoms with Crippen molar-refractivity contribution >= 4 is 28.8 Å². The minimum Gasteiger partial charge on any atom is -0.359 e. The smallest absolute Gasteiger partial charge is 0.222 e. The molecule has 1 fully saturated rings. The lowest BCUT2D eigenvalue weighted by molar-refractivity contribution is -0.125. The fourth-order valence-electron chi connectivity index (χ4n) is 1.31. The topological polar surface area (TPSA) is 32.3 Å². The van der Waals surface area contributed by atoms with E-state index in [0.717, 1.165) is 25.9 Å². The van der Waals surface area contributed by atoms with Crippen LogP contribution in [0.3, 0.4) is 0 Å². The van der Waals surface area contributed by atoms with E-state index in [1.807, 2.05) is 0 Å². The molecule has 0 atom stereocenters. The van der Waals surface area contributed by atoms with Gasteiger partial charge in [-0.2, -0.15) is 0 Å². The van der Waals surface area contributed by atoms with Crippen molar-refractivity contribution in [1.29, 1.82) is 0 Å². The van der Waals surface area contributed by atoms with Crippen LogP contribution in [0.25, 0.3) is 0 Å². The molecule has 0 aliphatic carbocycles. The normalized spacial score (nSPS) is 21.6. The van der Waals surface area contributed by atoms with Crippen LogP contribution in [0.4, 0.5) is 0 Å². The molecule has 1 amide bonds. The van der Waals surface area contributed by atoms with Gasteiger partial charge in [0.25, 0.3) is 0 Å². The van der Waals surface area contributed by atoms with Crippen LogP contribution in [0.15, 0.2) is 0 Å². The van der Waals surface area contributed by atoms with E-state index < -0.39 is 0 Å². The number of carbonyl (C=O) groups excluding carboxylic acids is 1. The minimum atomic E-state index is 0.203. The van der Waals surface area contributed by atoms with Crippen molar-refractivity contribution in [3.63, 3.8) is 0 Å². The molecule has 1 rings (SSSR count). The Labute approximate surface area is 81.0 Å². The Balaban J connectivity index is 2.33. The molecule has 1 aliphatic rings. The molecular weight excluding hydrogens is 255 g/mol. The third kappa shape index (κ3) is 2.59. The van der Waals surface area contributed by atoms with E-state index in [9.17, 15) is 4.79 Å². The third-order valence-electron chi connectivity index (χ3n) is 2.06. The van der Waals surface area contributed by atoms with Crippen LogP contribution in [0.5, 0.6) is 0 Å². The van der Waals surface area contributed by atoms with Gasteiger partial charge in [0.2, 0.25) is 5.91 Å². The Hall–Kier alpha value is 0.160. The van der Waals surface area contributed by atoms with Crippen LogP contribution >= 0.6 is 22.9 Å². The summed E-state index contributed by atoms with van der Waals surface area (Å²) in [6, 6.07) is 0. The standard InChI is InChI=1S/C7H13IN2O/c1-9-7(11)6-2-4-10(8)5-3-6/h6H,2-5H2,1H3,(H,9,11). The fraction of sp³-hybridized carbons (Fsp3) is 0.857. The summed E-state index contributed by atoms with van der Waals surface area (Å²) in [4.78, 5) is 11.1. The molecule has 0 spiro atoms. The highest BCUT2D eigenvalue weighted by atomic mass is 127. The molecular formula is C7H13IN2O. The molecule has 1 heterocycles. The van der Waals surface area contributed by atoms with Crippen molar-refractivity contribution < 1.29 is 4.79 Å². The number of nitrogens with one attached hydrogen (secondary N) is 1.